The number of nitrogens with zero attached hydrogens (tertiary/aromatic N) is 2. The van der Waals surface area contributed by atoms with E-state index in [-0.39, 0.29) is 0 Å². The monoisotopic (exact) mass is 422 g/mol. The highest BCUT2D eigenvalue weighted by molar-refractivity contribution is 6.30. The Morgan fingerprint density at radius 1 is 1.20 bits per heavy atom. The van der Waals surface area contributed by atoms with E-state index in [2.05, 4.69) is 11.1 Å². The van der Waals surface area contributed by atoms with Gasteiger partial charge in [-0.25, -0.2) is 9.78 Å². The largest absolute Gasteiger partial charge is 0.496 e. The Labute approximate surface area is 180 Å². The van der Waals surface area contributed by atoms with Crippen molar-refractivity contribution >= 4 is 23.4 Å². The molecule has 2 heterocycles. The third-order valence-corrected chi connectivity index (χ3v) is 5.68. The SMILES string of the molecule is COc1ccc(Cc2ccc(N3CCCC3C(=O)O)nc2)cc1-c1cccc(Cl)c1. The highest BCUT2D eigenvalue weighted by atomic mass is 35.5. The molecule has 4 rings (SSSR count). The molecule has 0 amide bonds. The third kappa shape index (κ3) is 4.26. The van der Waals surface area contributed by atoms with Gasteiger partial charge in [0.25, 0.3) is 0 Å². The van der Waals surface area contributed by atoms with Crippen LogP contribution in [0.4, 0.5) is 5.82 Å². The number of rotatable bonds is 6. The molecule has 2 aromatic carbocycles. The Hall–Kier alpha value is -3.05. The minimum absolute atomic E-state index is 0.481. The molecule has 1 aromatic heterocycles. The summed E-state index contributed by atoms with van der Waals surface area (Å²) < 4.78 is 5.54. The van der Waals surface area contributed by atoms with Crippen molar-refractivity contribution < 1.29 is 14.6 Å². The number of aliphatic carboxylic acids is 1. The van der Waals surface area contributed by atoms with Crippen molar-refractivity contribution in [2.75, 3.05) is 18.6 Å². The van der Waals surface area contributed by atoms with Gasteiger partial charge in [-0.15, -0.1) is 0 Å². The van der Waals surface area contributed by atoms with Crippen molar-refractivity contribution in [2.45, 2.75) is 25.3 Å². The zero-order chi connectivity index (χ0) is 21.1. The molecule has 154 valence electrons. The van der Waals surface area contributed by atoms with Gasteiger partial charge in [0.1, 0.15) is 17.6 Å². The number of benzene rings is 2. The molecule has 3 aromatic rings. The molecule has 0 radical (unpaired) electrons. The van der Waals surface area contributed by atoms with Gasteiger partial charge < -0.3 is 14.7 Å². The van der Waals surface area contributed by atoms with Crippen molar-refractivity contribution in [3.8, 4) is 16.9 Å². The van der Waals surface area contributed by atoms with Crippen LogP contribution in [-0.4, -0.2) is 35.8 Å². The van der Waals surface area contributed by atoms with Crippen molar-refractivity contribution in [3.63, 3.8) is 0 Å². The Bertz CT molecular complexity index is 1050. The number of anilines is 1. The first-order valence-corrected chi connectivity index (χ1v) is 10.3. The summed E-state index contributed by atoms with van der Waals surface area (Å²) in [5.41, 5.74) is 4.18. The summed E-state index contributed by atoms with van der Waals surface area (Å²) in [6.07, 6.45) is 4.08. The molecule has 1 aliphatic heterocycles. The predicted molar refractivity (Wildman–Crippen MR) is 118 cm³/mol. The summed E-state index contributed by atoms with van der Waals surface area (Å²) in [7, 11) is 1.66. The first-order valence-electron chi connectivity index (χ1n) is 9.92. The minimum atomic E-state index is -0.787. The maximum atomic E-state index is 11.4. The van der Waals surface area contributed by atoms with E-state index < -0.39 is 12.0 Å². The molecule has 6 heteroatoms. The average Bonchev–Trinajstić information content (AvgIpc) is 3.25. The van der Waals surface area contributed by atoms with Crippen LogP contribution in [0.3, 0.4) is 0 Å². The highest BCUT2D eigenvalue weighted by Gasteiger charge is 2.31. The number of methoxy groups -OCH3 is 1. The van der Waals surface area contributed by atoms with Crippen LogP contribution in [0.5, 0.6) is 5.75 Å². The molecule has 0 spiro atoms. The second kappa shape index (κ2) is 8.76. The molecular weight excluding hydrogens is 400 g/mol. The van der Waals surface area contributed by atoms with Gasteiger partial charge >= 0.3 is 5.97 Å². The summed E-state index contributed by atoms with van der Waals surface area (Å²) in [6.45, 7) is 0.727. The fourth-order valence-electron chi connectivity index (χ4n) is 3.97. The second-order valence-corrected chi connectivity index (χ2v) is 7.87. The van der Waals surface area contributed by atoms with Crippen LogP contribution in [0.25, 0.3) is 11.1 Å². The number of carboxylic acids is 1. The highest BCUT2D eigenvalue weighted by Crippen LogP contribution is 2.33. The number of halogens is 1. The summed E-state index contributed by atoms with van der Waals surface area (Å²) in [5, 5.41) is 10.1. The van der Waals surface area contributed by atoms with E-state index in [4.69, 9.17) is 16.3 Å². The van der Waals surface area contributed by atoms with E-state index in [1.54, 1.807) is 7.11 Å². The van der Waals surface area contributed by atoms with Crippen LogP contribution in [-0.2, 0) is 11.2 Å². The van der Waals surface area contributed by atoms with Crippen LogP contribution in [0, 0.1) is 0 Å². The van der Waals surface area contributed by atoms with Crippen molar-refractivity contribution in [2.24, 2.45) is 0 Å². The van der Waals surface area contributed by atoms with Gasteiger partial charge in [0.15, 0.2) is 0 Å². The lowest BCUT2D eigenvalue weighted by molar-refractivity contribution is -0.138. The number of carbonyl (C=O) groups is 1. The summed E-state index contributed by atoms with van der Waals surface area (Å²) in [6, 6.07) is 17.3. The lowest BCUT2D eigenvalue weighted by Gasteiger charge is -2.22. The molecule has 1 fully saturated rings. The topological polar surface area (TPSA) is 62.7 Å². The quantitative estimate of drug-likeness (QED) is 0.601. The van der Waals surface area contributed by atoms with Crippen molar-refractivity contribution in [1.82, 2.24) is 4.98 Å². The zero-order valence-electron chi connectivity index (χ0n) is 16.7. The van der Waals surface area contributed by atoms with Gasteiger partial charge in [0.2, 0.25) is 0 Å². The number of pyridine rings is 1. The summed E-state index contributed by atoms with van der Waals surface area (Å²) in [5.74, 6) is 0.728. The van der Waals surface area contributed by atoms with Gasteiger partial charge in [0, 0.05) is 23.3 Å². The lowest BCUT2D eigenvalue weighted by Crippen LogP contribution is -2.36. The molecule has 1 saturated heterocycles. The van der Waals surface area contributed by atoms with E-state index in [0.29, 0.717) is 17.9 Å². The van der Waals surface area contributed by atoms with E-state index in [9.17, 15) is 9.90 Å². The molecule has 0 aliphatic carbocycles. The summed E-state index contributed by atoms with van der Waals surface area (Å²) >= 11 is 6.17. The van der Waals surface area contributed by atoms with Gasteiger partial charge in [-0.05, 0) is 66.3 Å². The zero-order valence-corrected chi connectivity index (χ0v) is 17.5. The van der Waals surface area contributed by atoms with E-state index >= 15 is 0 Å². The van der Waals surface area contributed by atoms with Crippen LogP contribution in [0.2, 0.25) is 5.02 Å². The normalized spacial score (nSPS) is 15.9. The summed E-state index contributed by atoms with van der Waals surface area (Å²) in [4.78, 5) is 17.8. The number of carboxylic acid groups (broad SMARTS) is 1. The van der Waals surface area contributed by atoms with E-state index in [1.807, 2.05) is 59.6 Å². The lowest BCUT2D eigenvalue weighted by atomic mass is 9.99. The number of ether oxygens (including phenoxy) is 1. The maximum absolute atomic E-state index is 11.4. The molecule has 1 N–H and O–H groups in total. The molecule has 1 aliphatic rings. The number of aromatic nitrogens is 1. The van der Waals surface area contributed by atoms with Crippen LogP contribution < -0.4 is 9.64 Å². The number of hydrogen-bond acceptors (Lipinski definition) is 4. The first kappa shape index (κ1) is 20.2. The smallest absolute Gasteiger partial charge is 0.326 e. The van der Waals surface area contributed by atoms with Crippen LogP contribution >= 0.6 is 11.6 Å². The predicted octanol–water partition coefficient (Wildman–Crippen LogP) is 5.05. The molecule has 1 unspecified atom stereocenters. The van der Waals surface area contributed by atoms with Crippen LogP contribution in [0.1, 0.15) is 24.0 Å². The Kier molecular flexibility index (Phi) is 5.91. The molecule has 30 heavy (non-hydrogen) atoms. The van der Waals surface area contributed by atoms with Gasteiger partial charge in [0.05, 0.1) is 7.11 Å². The van der Waals surface area contributed by atoms with E-state index in [0.717, 1.165) is 46.8 Å². The molecule has 5 nitrogen and oxygen atoms in total. The Balaban J connectivity index is 1.56. The fourth-order valence-corrected chi connectivity index (χ4v) is 4.16. The van der Waals surface area contributed by atoms with Crippen molar-refractivity contribution in [1.29, 1.82) is 0 Å². The van der Waals surface area contributed by atoms with Crippen molar-refractivity contribution in [3.05, 3.63) is 76.9 Å². The van der Waals surface area contributed by atoms with Gasteiger partial charge in [-0.1, -0.05) is 35.9 Å². The van der Waals surface area contributed by atoms with Gasteiger partial charge in [-0.3, -0.25) is 0 Å². The maximum Gasteiger partial charge on any atom is 0.326 e. The molecule has 0 bridgehead atoms. The Morgan fingerprint density at radius 3 is 2.73 bits per heavy atom. The first-order chi connectivity index (χ1) is 14.5. The second-order valence-electron chi connectivity index (χ2n) is 7.44. The Morgan fingerprint density at radius 2 is 2.03 bits per heavy atom. The van der Waals surface area contributed by atoms with E-state index in [1.165, 1.54) is 0 Å². The van der Waals surface area contributed by atoms with Crippen LogP contribution in [0.15, 0.2) is 60.8 Å². The number of hydrogen-bond donors (Lipinski definition) is 1. The molecule has 1 atom stereocenters. The van der Waals surface area contributed by atoms with Gasteiger partial charge in [-0.2, -0.15) is 0 Å². The molecular formula is C24H23ClN2O3. The standard InChI is InChI=1S/C24H23ClN2O3/c1-30-22-9-7-16(13-20(22)18-4-2-5-19(25)14-18)12-17-8-10-23(26-15-17)27-11-3-6-21(27)24(28)29/h2,4-5,7-10,13-15,21H,3,6,11-12H2,1H3,(H,28,29). The average molecular weight is 423 g/mol. The fraction of sp³-hybridized carbons (Fsp3) is 0.250. The molecule has 0 saturated carbocycles. The third-order valence-electron chi connectivity index (χ3n) is 5.45. The minimum Gasteiger partial charge on any atom is -0.496 e.